The number of likely N-dealkylation sites (tertiary alicyclic amines) is 1. The van der Waals surface area contributed by atoms with Crippen LogP contribution in [0, 0.1) is 6.08 Å². The zero-order chi connectivity index (χ0) is 7.52. The largest absolute Gasteiger partial charge is 0.352 e. The van der Waals surface area contributed by atoms with Gasteiger partial charge in [0.1, 0.15) is 0 Å². The zero-order valence-electron chi connectivity index (χ0n) is 6.51. The summed E-state index contributed by atoms with van der Waals surface area (Å²) in [5.41, 5.74) is 0. The molecule has 0 saturated carbocycles. The van der Waals surface area contributed by atoms with Crippen molar-refractivity contribution < 1.29 is 0 Å². The van der Waals surface area contributed by atoms with Gasteiger partial charge in [0.05, 0.1) is 0 Å². The molecule has 1 saturated heterocycles. The number of hydrogen-bond donors (Lipinski definition) is 1. The van der Waals surface area contributed by atoms with Crippen molar-refractivity contribution in [1.29, 1.82) is 0 Å². The van der Waals surface area contributed by atoms with Crippen LogP contribution in [0.15, 0.2) is 11.2 Å². The third-order valence-corrected chi connectivity index (χ3v) is 2.03. The van der Waals surface area contributed by atoms with Gasteiger partial charge in [0.15, 0.2) is 5.96 Å². The Morgan fingerprint density at radius 1 is 1.45 bits per heavy atom. The predicted molar refractivity (Wildman–Crippen MR) is 44.1 cm³/mol. The van der Waals surface area contributed by atoms with Crippen molar-refractivity contribution in [3.8, 4) is 0 Å². The van der Waals surface area contributed by atoms with Gasteiger partial charge in [-0.2, -0.15) is 0 Å². The van der Waals surface area contributed by atoms with Crippen LogP contribution < -0.4 is 5.32 Å². The first kappa shape index (κ1) is 6.70. The van der Waals surface area contributed by atoms with Gasteiger partial charge in [0.2, 0.25) is 0 Å². The Bertz CT molecular complexity index is 190. The Morgan fingerprint density at radius 3 is 2.91 bits per heavy atom. The Kier molecular flexibility index (Phi) is 1.79. The number of aliphatic imine (C=N–C) groups is 1. The van der Waals surface area contributed by atoms with Crippen LogP contribution in [0.5, 0.6) is 0 Å². The number of rotatable bonds is 0. The molecule has 2 rings (SSSR count). The molecule has 0 unspecified atom stereocenters. The second-order valence-electron chi connectivity index (χ2n) is 2.83. The second kappa shape index (κ2) is 2.95. The van der Waals surface area contributed by atoms with Gasteiger partial charge in [-0.1, -0.05) is 0 Å². The van der Waals surface area contributed by atoms with Gasteiger partial charge in [-0.15, -0.1) is 0 Å². The summed E-state index contributed by atoms with van der Waals surface area (Å²) in [4.78, 5) is 6.50. The molecule has 11 heavy (non-hydrogen) atoms. The molecule has 0 aromatic rings. The van der Waals surface area contributed by atoms with E-state index in [1.165, 1.54) is 12.8 Å². The molecular weight excluding hydrogens is 138 g/mol. The van der Waals surface area contributed by atoms with E-state index in [4.69, 9.17) is 0 Å². The van der Waals surface area contributed by atoms with E-state index in [1.54, 1.807) is 6.20 Å². The first-order chi connectivity index (χ1) is 5.47. The van der Waals surface area contributed by atoms with E-state index in [0.29, 0.717) is 0 Å². The average molecular weight is 150 g/mol. The molecule has 0 spiro atoms. The standard InChI is InChI=1S/C8H12N3/c1-2-7-11(6-1)8-9-4-3-5-10-8/h4H,1-2,5-7H2,(H,9,10). The Morgan fingerprint density at radius 2 is 2.27 bits per heavy atom. The van der Waals surface area contributed by atoms with Gasteiger partial charge in [-0.25, -0.2) is 4.99 Å². The summed E-state index contributed by atoms with van der Waals surface area (Å²) in [6.07, 6.45) is 7.34. The second-order valence-corrected chi connectivity index (χ2v) is 2.83. The van der Waals surface area contributed by atoms with Crippen molar-refractivity contribution in [3.05, 3.63) is 12.3 Å². The summed E-state index contributed by atoms with van der Waals surface area (Å²) in [7, 11) is 0. The Hall–Kier alpha value is -0.990. The smallest absolute Gasteiger partial charge is 0.198 e. The molecule has 3 nitrogen and oxygen atoms in total. The van der Waals surface area contributed by atoms with E-state index < -0.39 is 0 Å². The number of guanidine groups is 1. The molecule has 0 aliphatic carbocycles. The molecule has 2 aliphatic heterocycles. The summed E-state index contributed by atoms with van der Waals surface area (Å²) in [5.74, 6) is 1.03. The SMILES string of the molecule is [C]1=CN=C(N2CCCC2)NC1. The molecule has 1 fully saturated rings. The highest BCUT2D eigenvalue weighted by Gasteiger charge is 2.15. The highest BCUT2D eigenvalue weighted by Crippen LogP contribution is 2.07. The molecule has 1 N–H and O–H groups in total. The summed E-state index contributed by atoms with van der Waals surface area (Å²) >= 11 is 0. The molecule has 59 valence electrons. The topological polar surface area (TPSA) is 27.6 Å². The number of nitrogens with zero attached hydrogens (tertiary/aromatic N) is 2. The first-order valence-electron chi connectivity index (χ1n) is 4.08. The van der Waals surface area contributed by atoms with Crippen molar-refractivity contribution in [2.45, 2.75) is 12.8 Å². The van der Waals surface area contributed by atoms with E-state index in [9.17, 15) is 0 Å². The van der Waals surface area contributed by atoms with Crippen LogP contribution in [0.3, 0.4) is 0 Å². The predicted octanol–water partition coefficient (Wildman–Crippen LogP) is 0.358. The van der Waals surface area contributed by atoms with E-state index in [2.05, 4.69) is 21.3 Å². The van der Waals surface area contributed by atoms with Crippen LogP contribution in [-0.4, -0.2) is 30.5 Å². The van der Waals surface area contributed by atoms with Gasteiger partial charge < -0.3 is 10.2 Å². The highest BCUT2D eigenvalue weighted by molar-refractivity contribution is 5.81. The molecule has 0 bridgehead atoms. The van der Waals surface area contributed by atoms with E-state index >= 15 is 0 Å². The third-order valence-electron chi connectivity index (χ3n) is 2.03. The lowest BCUT2D eigenvalue weighted by atomic mass is 10.4. The molecule has 1 radical (unpaired) electrons. The number of nitrogens with one attached hydrogen (secondary N) is 1. The van der Waals surface area contributed by atoms with Crippen molar-refractivity contribution in [3.63, 3.8) is 0 Å². The quantitative estimate of drug-likeness (QED) is 0.540. The van der Waals surface area contributed by atoms with E-state index in [-0.39, 0.29) is 0 Å². The first-order valence-corrected chi connectivity index (χ1v) is 4.08. The summed E-state index contributed by atoms with van der Waals surface area (Å²) in [5, 5.41) is 3.19. The van der Waals surface area contributed by atoms with Crippen molar-refractivity contribution >= 4 is 5.96 Å². The summed E-state index contributed by atoms with van der Waals surface area (Å²) in [6.45, 7) is 3.11. The average Bonchev–Trinajstić information content (AvgIpc) is 2.58. The molecule has 0 aromatic heterocycles. The van der Waals surface area contributed by atoms with Crippen LogP contribution in [-0.2, 0) is 0 Å². The Balaban J connectivity index is 2.02. The third kappa shape index (κ3) is 1.37. The van der Waals surface area contributed by atoms with Crippen LogP contribution in [0.1, 0.15) is 12.8 Å². The molecule has 0 aromatic carbocycles. The molecular formula is C8H12N3. The van der Waals surface area contributed by atoms with Crippen molar-refractivity contribution in [1.82, 2.24) is 10.2 Å². The number of hydrogen-bond acceptors (Lipinski definition) is 3. The normalized spacial score (nSPS) is 23.3. The molecule has 0 amide bonds. The molecule has 0 atom stereocenters. The van der Waals surface area contributed by atoms with Gasteiger partial charge in [0.25, 0.3) is 0 Å². The molecule has 2 heterocycles. The minimum atomic E-state index is 0.801. The van der Waals surface area contributed by atoms with Crippen molar-refractivity contribution in [2.75, 3.05) is 19.6 Å². The maximum absolute atomic E-state index is 4.21. The van der Waals surface area contributed by atoms with Gasteiger partial charge in [-0.05, 0) is 18.9 Å². The fourth-order valence-corrected chi connectivity index (χ4v) is 1.45. The maximum Gasteiger partial charge on any atom is 0.198 e. The summed E-state index contributed by atoms with van der Waals surface area (Å²) in [6, 6.07) is 0. The zero-order valence-corrected chi connectivity index (χ0v) is 6.51. The lowest BCUT2D eigenvalue weighted by Crippen LogP contribution is -2.40. The Labute approximate surface area is 66.8 Å². The van der Waals surface area contributed by atoms with Crippen LogP contribution in [0.25, 0.3) is 0 Å². The summed E-state index contributed by atoms with van der Waals surface area (Å²) < 4.78 is 0. The minimum Gasteiger partial charge on any atom is -0.352 e. The van der Waals surface area contributed by atoms with Crippen LogP contribution >= 0.6 is 0 Å². The molecule has 2 aliphatic rings. The minimum absolute atomic E-state index is 0.801. The lowest BCUT2D eigenvalue weighted by Gasteiger charge is -2.21. The lowest BCUT2D eigenvalue weighted by molar-refractivity contribution is 0.496. The van der Waals surface area contributed by atoms with E-state index in [0.717, 1.165) is 25.6 Å². The maximum atomic E-state index is 4.21. The van der Waals surface area contributed by atoms with Crippen LogP contribution in [0.4, 0.5) is 0 Å². The van der Waals surface area contributed by atoms with Crippen LogP contribution in [0.2, 0.25) is 0 Å². The van der Waals surface area contributed by atoms with Crippen molar-refractivity contribution in [2.24, 2.45) is 4.99 Å². The van der Waals surface area contributed by atoms with Gasteiger partial charge in [0, 0.05) is 25.8 Å². The molecule has 3 heteroatoms. The monoisotopic (exact) mass is 150 g/mol. The van der Waals surface area contributed by atoms with Gasteiger partial charge in [-0.3, -0.25) is 0 Å². The fraction of sp³-hybridized carbons (Fsp3) is 0.625. The van der Waals surface area contributed by atoms with E-state index in [1.807, 2.05) is 0 Å². The highest BCUT2D eigenvalue weighted by atomic mass is 15.3. The fourth-order valence-electron chi connectivity index (χ4n) is 1.45. The van der Waals surface area contributed by atoms with Gasteiger partial charge >= 0.3 is 0 Å².